The molecule has 2 saturated heterocycles. The normalized spacial score (nSPS) is 22.3. The molecule has 0 aliphatic carbocycles. The van der Waals surface area contributed by atoms with Gasteiger partial charge in [0.15, 0.2) is 12.6 Å². The lowest BCUT2D eigenvalue weighted by Crippen LogP contribution is -2.40. The molecule has 0 spiro atoms. The van der Waals surface area contributed by atoms with Gasteiger partial charge in [0.25, 0.3) is 0 Å². The summed E-state index contributed by atoms with van der Waals surface area (Å²) in [4.78, 5) is 0.727. The van der Waals surface area contributed by atoms with E-state index in [0.29, 0.717) is 22.6 Å². The van der Waals surface area contributed by atoms with Crippen molar-refractivity contribution in [1.82, 2.24) is 0 Å². The van der Waals surface area contributed by atoms with Crippen molar-refractivity contribution in [3.8, 4) is 0 Å². The molecule has 2 aromatic rings. The van der Waals surface area contributed by atoms with E-state index in [4.69, 9.17) is 18.9 Å². The Hall–Kier alpha value is -1.77. The first-order chi connectivity index (χ1) is 19.4. The van der Waals surface area contributed by atoms with Crippen molar-refractivity contribution >= 4 is 9.84 Å². The molecule has 4 unspecified atom stereocenters. The molecule has 0 bridgehead atoms. The Kier molecular flexibility index (Phi) is 10.7. The van der Waals surface area contributed by atoms with Gasteiger partial charge in [-0.1, -0.05) is 50.2 Å². The van der Waals surface area contributed by atoms with Gasteiger partial charge in [0.05, 0.1) is 21.0 Å². The highest BCUT2D eigenvalue weighted by Gasteiger charge is 2.35. The van der Waals surface area contributed by atoms with E-state index in [1.165, 1.54) is 0 Å². The van der Waals surface area contributed by atoms with Crippen LogP contribution in [-0.2, 0) is 41.6 Å². The summed E-state index contributed by atoms with van der Waals surface area (Å²) in [6.45, 7) is 14.0. The van der Waals surface area contributed by atoms with Crippen LogP contribution in [0.5, 0.6) is 0 Å². The summed E-state index contributed by atoms with van der Waals surface area (Å²) in [7, 11) is -3.77. The molecular formula is C34H50O6S. The van der Waals surface area contributed by atoms with E-state index in [-0.39, 0.29) is 24.4 Å². The van der Waals surface area contributed by atoms with E-state index in [1.807, 2.05) is 36.4 Å². The molecule has 7 heteroatoms. The third-order valence-corrected chi connectivity index (χ3v) is 11.1. The second kappa shape index (κ2) is 13.7. The van der Waals surface area contributed by atoms with Crippen LogP contribution in [0.15, 0.2) is 58.3 Å². The molecule has 0 aromatic heterocycles. The van der Waals surface area contributed by atoms with Gasteiger partial charge in [-0.05, 0) is 114 Å². The molecule has 0 amide bonds. The summed E-state index contributed by atoms with van der Waals surface area (Å²) < 4.78 is 53.0. The van der Waals surface area contributed by atoms with Crippen molar-refractivity contribution < 1.29 is 27.4 Å². The van der Waals surface area contributed by atoms with Crippen LogP contribution in [0.4, 0.5) is 0 Å². The maximum absolute atomic E-state index is 14.3. The van der Waals surface area contributed by atoms with E-state index < -0.39 is 21.0 Å². The zero-order valence-electron chi connectivity index (χ0n) is 25.9. The van der Waals surface area contributed by atoms with Crippen molar-refractivity contribution in [3.63, 3.8) is 0 Å². The fourth-order valence-electron chi connectivity index (χ4n) is 5.66. The number of rotatable bonds is 12. The van der Waals surface area contributed by atoms with Gasteiger partial charge in [-0.2, -0.15) is 0 Å². The summed E-state index contributed by atoms with van der Waals surface area (Å²) in [5.74, 6) is 0.138. The monoisotopic (exact) mass is 586 g/mol. The third-order valence-electron chi connectivity index (χ3n) is 9.10. The highest BCUT2D eigenvalue weighted by atomic mass is 32.2. The van der Waals surface area contributed by atoms with E-state index in [0.717, 1.165) is 62.9 Å². The fourth-order valence-corrected chi connectivity index (χ4v) is 7.40. The lowest BCUT2D eigenvalue weighted by molar-refractivity contribution is -0.228. The second-order valence-electron chi connectivity index (χ2n) is 13.0. The highest BCUT2D eigenvalue weighted by Crippen LogP contribution is 2.35. The first-order valence-electron chi connectivity index (χ1n) is 15.4. The van der Waals surface area contributed by atoms with Crippen LogP contribution in [0.2, 0.25) is 0 Å². The Balaban J connectivity index is 1.53. The molecule has 228 valence electrons. The molecule has 2 heterocycles. The maximum atomic E-state index is 14.3. The molecule has 2 aliphatic rings. The third kappa shape index (κ3) is 8.20. The Morgan fingerprint density at radius 2 is 1.10 bits per heavy atom. The molecule has 0 N–H and O–H groups in total. The van der Waals surface area contributed by atoms with E-state index in [9.17, 15) is 8.42 Å². The number of hydrogen-bond acceptors (Lipinski definition) is 6. The minimum Gasteiger partial charge on any atom is -0.353 e. The molecule has 2 aromatic carbocycles. The molecule has 4 atom stereocenters. The number of sulfone groups is 1. The molecule has 0 saturated carbocycles. The zero-order chi connectivity index (χ0) is 29.7. The minimum atomic E-state index is -3.77. The van der Waals surface area contributed by atoms with Crippen molar-refractivity contribution in [2.24, 2.45) is 11.8 Å². The Labute approximate surface area is 248 Å². The first kappa shape index (κ1) is 32.2. The second-order valence-corrected chi connectivity index (χ2v) is 14.9. The Morgan fingerprint density at radius 3 is 1.46 bits per heavy atom. The van der Waals surface area contributed by atoms with Gasteiger partial charge in [-0.25, -0.2) is 8.42 Å². The SMILES string of the molecule is CC(Cc1ccccc1S(=O)(=O)c1ccccc1CC(C)C(C)(C)OC1CCCCO1)C(C)(C)OC1CCCCO1. The maximum Gasteiger partial charge on any atom is 0.207 e. The summed E-state index contributed by atoms with van der Waals surface area (Å²) in [6.07, 6.45) is 6.89. The highest BCUT2D eigenvalue weighted by molar-refractivity contribution is 7.91. The van der Waals surface area contributed by atoms with Crippen molar-refractivity contribution in [2.45, 2.75) is 126 Å². The predicted molar refractivity (Wildman–Crippen MR) is 162 cm³/mol. The number of hydrogen-bond donors (Lipinski definition) is 0. The molecule has 2 fully saturated rings. The van der Waals surface area contributed by atoms with Crippen LogP contribution in [0.1, 0.15) is 91.2 Å². The van der Waals surface area contributed by atoms with Crippen molar-refractivity contribution in [1.29, 1.82) is 0 Å². The molecular weight excluding hydrogens is 536 g/mol. The lowest BCUT2D eigenvalue weighted by atomic mass is 9.86. The molecule has 2 aliphatic heterocycles. The van der Waals surface area contributed by atoms with Crippen LogP contribution in [0, 0.1) is 11.8 Å². The predicted octanol–water partition coefficient (Wildman–Crippen LogP) is 7.52. The quantitative estimate of drug-likeness (QED) is 0.256. The van der Waals surface area contributed by atoms with Gasteiger partial charge in [-0.3, -0.25) is 0 Å². The molecule has 0 radical (unpaired) electrons. The Bertz CT molecular complexity index is 1140. The topological polar surface area (TPSA) is 71.1 Å². The smallest absolute Gasteiger partial charge is 0.207 e. The largest absolute Gasteiger partial charge is 0.353 e. The van der Waals surface area contributed by atoms with Crippen LogP contribution in [0.25, 0.3) is 0 Å². The van der Waals surface area contributed by atoms with Crippen LogP contribution >= 0.6 is 0 Å². The zero-order valence-corrected chi connectivity index (χ0v) is 26.7. The minimum absolute atomic E-state index is 0.0691. The summed E-state index contributed by atoms with van der Waals surface area (Å²) >= 11 is 0. The summed E-state index contributed by atoms with van der Waals surface area (Å²) in [6, 6.07) is 14.8. The van der Waals surface area contributed by atoms with Gasteiger partial charge < -0.3 is 18.9 Å². The van der Waals surface area contributed by atoms with Gasteiger partial charge in [0.1, 0.15) is 0 Å². The van der Waals surface area contributed by atoms with Gasteiger partial charge in [-0.15, -0.1) is 0 Å². The van der Waals surface area contributed by atoms with Gasteiger partial charge in [0.2, 0.25) is 9.84 Å². The average Bonchev–Trinajstić information content (AvgIpc) is 2.94. The van der Waals surface area contributed by atoms with Crippen molar-refractivity contribution in [3.05, 3.63) is 59.7 Å². The van der Waals surface area contributed by atoms with E-state index >= 15 is 0 Å². The Morgan fingerprint density at radius 1 is 0.707 bits per heavy atom. The fraction of sp³-hybridized carbons (Fsp3) is 0.647. The van der Waals surface area contributed by atoms with Gasteiger partial charge in [0, 0.05) is 13.2 Å². The lowest BCUT2D eigenvalue weighted by Gasteiger charge is -2.37. The van der Waals surface area contributed by atoms with Crippen LogP contribution in [0.3, 0.4) is 0 Å². The van der Waals surface area contributed by atoms with Crippen LogP contribution < -0.4 is 0 Å². The molecule has 6 nitrogen and oxygen atoms in total. The van der Waals surface area contributed by atoms with E-state index in [2.05, 4.69) is 41.5 Å². The molecule has 4 rings (SSSR count). The summed E-state index contributed by atoms with van der Waals surface area (Å²) in [5.41, 5.74) is 0.670. The van der Waals surface area contributed by atoms with Crippen LogP contribution in [-0.4, -0.2) is 45.4 Å². The standard InChI is InChI=1S/C34H50O6S/c1-25(33(3,4)39-31-19-11-13-21-37-31)23-27-15-7-9-17-29(27)41(35,36)30-18-10-8-16-28(30)24-26(2)34(5,6)40-32-20-12-14-22-38-32/h7-10,15-18,25-26,31-32H,11-14,19-24H2,1-6H3. The number of ether oxygens (including phenoxy) is 4. The summed E-state index contributed by atoms with van der Waals surface area (Å²) in [5, 5.41) is 0. The van der Waals surface area contributed by atoms with E-state index in [1.54, 1.807) is 12.1 Å². The average molecular weight is 587 g/mol. The first-order valence-corrected chi connectivity index (χ1v) is 16.9. The van der Waals surface area contributed by atoms with Gasteiger partial charge >= 0.3 is 0 Å². The molecule has 41 heavy (non-hydrogen) atoms. The number of benzene rings is 2. The van der Waals surface area contributed by atoms with Crippen molar-refractivity contribution in [2.75, 3.05) is 13.2 Å².